The molecule has 0 spiro atoms. The molecule has 2 amide bonds. The highest BCUT2D eigenvalue weighted by Gasteiger charge is 2.45. The number of nitrogen functional groups attached to an aromatic ring is 1. The number of aliphatic hydroxyl groups excluding tert-OH is 2. The van der Waals surface area contributed by atoms with Crippen LogP contribution in [0.5, 0.6) is 17.5 Å². The highest BCUT2D eigenvalue weighted by atomic mass is 32.1. The number of β-amino-alcohol motifs (C(OH)–C–C–N with tert-alkyl or cyclic N) is 1. The van der Waals surface area contributed by atoms with Crippen molar-refractivity contribution in [2.75, 3.05) is 68.0 Å². The number of hydrogen-bond acceptors (Lipinski definition) is 19. The molecule has 6 N–H and O–H groups in total. The molecule has 412 valence electrons. The van der Waals surface area contributed by atoms with Crippen LogP contribution < -0.4 is 30.3 Å². The smallest absolute Gasteiger partial charge is 0.254 e. The van der Waals surface area contributed by atoms with Crippen molar-refractivity contribution in [1.29, 1.82) is 0 Å². The Kier molecular flexibility index (Phi) is 15.8. The van der Waals surface area contributed by atoms with Crippen LogP contribution >= 0.6 is 11.3 Å². The van der Waals surface area contributed by atoms with Crippen LogP contribution in [0.1, 0.15) is 87.8 Å². The van der Waals surface area contributed by atoms with Gasteiger partial charge in [0.1, 0.15) is 30.4 Å². The zero-order chi connectivity index (χ0) is 54.0. The Morgan fingerprint density at radius 1 is 0.897 bits per heavy atom. The lowest BCUT2D eigenvalue weighted by atomic mass is 9.91. The van der Waals surface area contributed by atoms with Gasteiger partial charge in [-0.2, -0.15) is 0 Å². The molecular weight excluding hydrogens is 1010 g/mol. The summed E-state index contributed by atoms with van der Waals surface area (Å²) in [5.41, 5.74) is 14.0. The third-order valence-corrected chi connectivity index (χ3v) is 17.1. The maximum atomic E-state index is 14.3. The number of nitrogens with two attached hydrogens (primary N) is 1. The first-order chi connectivity index (χ1) is 37.8. The Morgan fingerprint density at radius 2 is 1.67 bits per heavy atom. The molecule has 5 aliphatic rings. The molecule has 6 atom stereocenters. The van der Waals surface area contributed by atoms with E-state index in [9.17, 15) is 24.9 Å². The number of anilines is 3. The number of aromatic hydroxyl groups is 1. The highest BCUT2D eigenvalue weighted by Crippen LogP contribution is 2.41. The van der Waals surface area contributed by atoms with E-state index in [4.69, 9.17) is 24.5 Å². The lowest BCUT2D eigenvalue weighted by Crippen LogP contribution is -2.54. The predicted molar refractivity (Wildman–Crippen MR) is 293 cm³/mol. The highest BCUT2D eigenvalue weighted by molar-refractivity contribution is 7.13. The Labute approximate surface area is 457 Å². The summed E-state index contributed by atoms with van der Waals surface area (Å²) in [5, 5.41) is 47.1. The van der Waals surface area contributed by atoms with E-state index in [1.165, 1.54) is 4.90 Å². The van der Waals surface area contributed by atoms with Crippen molar-refractivity contribution in [3.8, 4) is 39.2 Å². The molecule has 1 unspecified atom stereocenters. The number of rotatable bonds is 19. The van der Waals surface area contributed by atoms with E-state index < -0.39 is 30.0 Å². The molecule has 1 aliphatic carbocycles. The number of aliphatic hydroxyl groups is 2. The number of aromatic nitrogens is 5. The summed E-state index contributed by atoms with van der Waals surface area (Å²) in [6.07, 6.45) is 7.00. The number of phenols is 1. The first kappa shape index (κ1) is 53.1. The summed E-state index contributed by atoms with van der Waals surface area (Å²) in [7, 11) is 0. The maximum absolute atomic E-state index is 14.3. The predicted octanol–water partition coefficient (Wildman–Crippen LogP) is 6.12. The van der Waals surface area contributed by atoms with Crippen LogP contribution in [-0.4, -0.2) is 157 Å². The molecule has 78 heavy (non-hydrogen) atoms. The molecule has 21 heteroatoms. The first-order valence-electron chi connectivity index (χ1n) is 27.3. The van der Waals surface area contributed by atoms with Crippen molar-refractivity contribution in [3.05, 3.63) is 102 Å². The van der Waals surface area contributed by atoms with Crippen molar-refractivity contribution < 1.29 is 43.6 Å². The number of carbonyl (C=O) groups is 2. The average Bonchev–Trinajstić information content (AvgIpc) is 4.26. The number of pyridine rings is 1. The molecule has 11 rings (SSSR count). The van der Waals surface area contributed by atoms with E-state index in [2.05, 4.69) is 57.5 Å². The van der Waals surface area contributed by atoms with Crippen molar-refractivity contribution >= 4 is 40.3 Å². The Bertz CT molecular complexity index is 3020. The van der Waals surface area contributed by atoms with Gasteiger partial charge in [0.05, 0.1) is 58.4 Å². The molecule has 4 saturated heterocycles. The number of likely N-dealkylation sites (tertiary alicyclic amines) is 2. The van der Waals surface area contributed by atoms with Gasteiger partial charge in [-0.15, -0.1) is 21.5 Å². The molecule has 2 bridgehead atoms. The number of piperidine rings is 1. The van der Waals surface area contributed by atoms with E-state index in [0.717, 1.165) is 92.2 Å². The second-order valence-corrected chi connectivity index (χ2v) is 22.6. The van der Waals surface area contributed by atoms with Crippen molar-refractivity contribution in [2.45, 2.75) is 120 Å². The maximum Gasteiger partial charge on any atom is 0.254 e. The van der Waals surface area contributed by atoms with Gasteiger partial charge in [-0.3, -0.25) is 14.5 Å². The number of piperazine rings is 1. The van der Waals surface area contributed by atoms with Crippen LogP contribution in [0.4, 0.5) is 17.2 Å². The molecule has 4 aromatic heterocycles. The van der Waals surface area contributed by atoms with Crippen LogP contribution in [0, 0.1) is 12.8 Å². The normalized spacial score (nSPS) is 23.3. The SMILES string of the molecule is Cc1ncsc1-c1ccc([C@H](CO)NC(=O)[C@@H]2C[C@@H](O)CN2C(=O)[C@@H](c2cc(OCCN3CCC(OC4CC(Oc5cc(N6C7CC[C@@H]6CN(c6cc(-c8ccccc8O)nnc6N)C7)ccn5)C4)CC3)no2)C(C)C)cc1. The number of benzene rings is 2. The molecule has 4 aliphatic heterocycles. The van der Waals surface area contributed by atoms with Gasteiger partial charge >= 0.3 is 0 Å². The monoisotopic (exact) mass is 1080 g/mol. The van der Waals surface area contributed by atoms with E-state index in [0.29, 0.717) is 47.4 Å². The second-order valence-electron chi connectivity index (χ2n) is 21.7. The van der Waals surface area contributed by atoms with Gasteiger partial charge in [-0.25, -0.2) is 9.97 Å². The molecule has 6 aromatic rings. The summed E-state index contributed by atoms with van der Waals surface area (Å²) < 4.78 is 24.7. The van der Waals surface area contributed by atoms with Gasteiger partial charge in [0.25, 0.3) is 5.88 Å². The van der Waals surface area contributed by atoms with Crippen molar-refractivity contribution in [2.24, 2.45) is 5.92 Å². The fraction of sp³-hybridized carbons (Fsp3) is 0.491. The standard InChI is InChI=1S/C57H69N11O9S/c1-33(2)53(57(73)67-30-40(70)23-48(67)56(72)61-46(31-69)35-8-10-36(11-9-35)54-34(3)60-32-78-54)50-27-52(64-77-50)74-21-20-65-18-15-41(16-19-65)75-42-24-43(25-42)76-51-22-37(14-17-59-51)68-38-12-13-39(68)29-66(28-38)47-26-45(62-63-55(47)58)44-6-4-5-7-49(44)71/h4-11,14,17,22,26-27,32-33,38-43,46,48,53,69-71H,12-13,15-16,18-21,23-25,28-31H2,1-3H3,(H2,58,63)(H,61,72)/t38-,39?,40-,42?,43?,46+,48+,53-/m1/s1. The van der Waals surface area contributed by atoms with Crippen molar-refractivity contribution in [1.82, 2.24) is 40.4 Å². The summed E-state index contributed by atoms with van der Waals surface area (Å²) >= 11 is 1.55. The molecular formula is C57H69N11O9S. The quantitative estimate of drug-likeness (QED) is 0.0612. The number of amides is 2. The minimum absolute atomic E-state index is 0.00727. The summed E-state index contributed by atoms with van der Waals surface area (Å²) in [5.74, 6) is -0.0271. The number of carbonyl (C=O) groups excluding carboxylic acids is 2. The molecule has 0 radical (unpaired) electrons. The Morgan fingerprint density at radius 3 is 2.38 bits per heavy atom. The van der Waals surface area contributed by atoms with Crippen LogP contribution in [0.3, 0.4) is 0 Å². The van der Waals surface area contributed by atoms with Gasteiger partial charge in [0.2, 0.25) is 17.7 Å². The molecule has 8 heterocycles. The lowest BCUT2D eigenvalue weighted by molar-refractivity contribution is -0.141. The van der Waals surface area contributed by atoms with Crippen LogP contribution in [0.2, 0.25) is 0 Å². The van der Waals surface area contributed by atoms with Crippen LogP contribution in [0.25, 0.3) is 21.7 Å². The number of nitrogens with one attached hydrogen (secondary N) is 1. The minimum atomic E-state index is -0.939. The average molecular weight is 1080 g/mol. The number of nitrogens with zero attached hydrogens (tertiary/aromatic N) is 9. The molecule has 5 fully saturated rings. The van der Waals surface area contributed by atoms with Gasteiger partial charge in [-0.1, -0.05) is 50.2 Å². The number of hydrogen-bond donors (Lipinski definition) is 5. The fourth-order valence-corrected chi connectivity index (χ4v) is 12.8. The molecule has 20 nitrogen and oxygen atoms in total. The van der Waals surface area contributed by atoms with E-state index in [-0.39, 0.29) is 73.4 Å². The number of phenolic OH excluding ortho intramolecular Hbond substituents is 1. The topological polar surface area (TPSA) is 251 Å². The van der Waals surface area contributed by atoms with Crippen molar-refractivity contribution in [3.63, 3.8) is 0 Å². The Hall–Kier alpha value is -6.91. The van der Waals surface area contributed by atoms with Crippen LogP contribution in [-0.2, 0) is 14.3 Å². The lowest BCUT2D eigenvalue weighted by Gasteiger charge is -2.43. The fourth-order valence-electron chi connectivity index (χ4n) is 12.0. The van der Waals surface area contributed by atoms with Gasteiger partial charge in [0, 0.05) is 100 Å². The minimum Gasteiger partial charge on any atom is -0.507 e. The number of para-hydroxylation sites is 1. The largest absolute Gasteiger partial charge is 0.507 e. The van der Waals surface area contributed by atoms with Crippen LogP contribution in [0.15, 0.2) is 89.0 Å². The Balaban J connectivity index is 0.604. The van der Waals surface area contributed by atoms with E-state index in [1.807, 2.05) is 69.4 Å². The van der Waals surface area contributed by atoms with Gasteiger partial charge in [0.15, 0.2) is 11.6 Å². The second kappa shape index (κ2) is 23.2. The number of thiazole rings is 1. The summed E-state index contributed by atoms with van der Waals surface area (Å²) in [6.45, 7) is 9.80. The zero-order valence-corrected chi connectivity index (χ0v) is 45.1. The third kappa shape index (κ3) is 11.5. The van der Waals surface area contributed by atoms with Gasteiger partial charge < -0.3 is 59.8 Å². The number of aryl methyl sites for hydroxylation is 1. The summed E-state index contributed by atoms with van der Waals surface area (Å²) in [4.78, 5) is 46.6. The van der Waals surface area contributed by atoms with Gasteiger partial charge in [-0.05, 0) is 79.1 Å². The summed E-state index contributed by atoms with van der Waals surface area (Å²) in [6, 6.07) is 21.4. The molecule has 1 saturated carbocycles. The number of fused-ring (bicyclic) bond motifs is 2. The number of ether oxygens (including phenoxy) is 3. The zero-order valence-electron chi connectivity index (χ0n) is 44.3. The molecule has 2 aromatic carbocycles. The van der Waals surface area contributed by atoms with E-state index in [1.54, 1.807) is 35.0 Å². The first-order valence-corrected chi connectivity index (χ1v) is 28.2. The third-order valence-electron chi connectivity index (χ3n) is 16.2. The van der Waals surface area contributed by atoms with E-state index >= 15 is 0 Å².